The maximum absolute atomic E-state index is 13.1. The standard InChI is InChI=1S/C95H158O16P2/c1-4-7-10-13-16-19-22-25-28-31-34-37-40-42-43-44-45-47-50-51-54-57-60-63-66-69-72-75-78-81-93(98)105-84-90(96)85-107-112(101,102)108-86-91(97)87-109-113(103,104)110-89-92(111-95(100)83-80-77-74-71-68-65-62-59-56-53-48-39-36-33-30-27-24-21-18-15-12-9-6-3)88-106-94(99)82-79-76-73-70-67-64-61-58-55-52-49-46-41-38-35-32-29-26-23-20-17-14-11-8-5-2/h7-8,10-11,16-21,25-30,34-39,42-43,45-47,49,53,56,90-92,96-97H,4-6,9,12-15,22-24,31-33,40-41,44,48,50-52,54-55,57-89H2,1-3H3,(H,101,102)(H,103,104)/b10-7-,11-8-,19-16-,20-17-,21-18-,28-25-,29-26-,30-27-,37-34-,38-35-,39-36-,43-42-,47-45-,49-46-,56-53-. The largest absolute Gasteiger partial charge is 0.472 e. The van der Waals surface area contributed by atoms with Crippen molar-refractivity contribution in [3.05, 3.63) is 182 Å². The van der Waals surface area contributed by atoms with Crippen molar-refractivity contribution >= 4 is 33.6 Å². The quantitative estimate of drug-likeness (QED) is 0.0146. The molecular weight excluding hydrogens is 1460 g/mol. The van der Waals surface area contributed by atoms with Gasteiger partial charge in [-0.3, -0.25) is 32.5 Å². The summed E-state index contributed by atoms with van der Waals surface area (Å²) in [6.45, 7) is 2.42. The molecule has 18 heteroatoms. The van der Waals surface area contributed by atoms with Crippen LogP contribution in [0.4, 0.5) is 0 Å². The van der Waals surface area contributed by atoms with Crippen LogP contribution in [-0.2, 0) is 55.8 Å². The summed E-state index contributed by atoms with van der Waals surface area (Å²) in [6.07, 6.45) is 112. The molecule has 0 fully saturated rings. The molecule has 0 aromatic carbocycles. The summed E-state index contributed by atoms with van der Waals surface area (Å²) in [5.74, 6) is -1.60. The third-order valence-corrected chi connectivity index (χ3v) is 20.0. The van der Waals surface area contributed by atoms with Crippen LogP contribution < -0.4 is 0 Å². The summed E-state index contributed by atoms with van der Waals surface area (Å²) in [4.78, 5) is 59.0. The molecule has 0 saturated carbocycles. The first-order valence-corrected chi connectivity index (χ1v) is 47.1. The van der Waals surface area contributed by atoms with E-state index in [-0.39, 0.29) is 19.3 Å². The van der Waals surface area contributed by atoms with E-state index in [9.17, 15) is 43.5 Å². The summed E-state index contributed by atoms with van der Waals surface area (Å²) in [5.41, 5.74) is 0. The molecule has 0 amide bonds. The van der Waals surface area contributed by atoms with Gasteiger partial charge < -0.3 is 34.2 Å². The van der Waals surface area contributed by atoms with Gasteiger partial charge in [0, 0.05) is 19.3 Å². The molecule has 0 spiro atoms. The van der Waals surface area contributed by atoms with Crippen LogP contribution in [0.1, 0.15) is 342 Å². The Hall–Kier alpha value is -5.35. The lowest BCUT2D eigenvalue weighted by Crippen LogP contribution is -2.30. The summed E-state index contributed by atoms with van der Waals surface area (Å²) in [5, 5.41) is 20.7. The number of hydrogen-bond donors (Lipinski definition) is 4. The number of unbranched alkanes of at least 4 members (excludes halogenated alkanes) is 29. The molecule has 0 heterocycles. The lowest BCUT2D eigenvalue weighted by Gasteiger charge is -2.21. The number of carbonyl (C=O) groups is 3. The van der Waals surface area contributed by atoms with E-state index in [2.05, 4.69) is 203 Å². The molecule has 0 aromatic heterocycles. The molecule has 0 bridgehead atoms. The fraction of sp³-hybridized carbons (Fsp3) is 0.653. The van der Waals surface area contributed by atoms with Gasteiger partial charge in [-0.05, 0) is 161 Å². The van der Waals surface area contributed by atoms with E-state index in [4.69, 9.17) is 32.3 Å². The van der Waals surface area contributed by atoms with Gasteiger partial charge >= 0.3 is 33.6 Å². The van der Waals surface area contributed by atoms with Crippen molar-refractivity contribution in [2.24, 2.45) is 0 Å². The highest BCUT2D eigenvalue weighted by Crippen LogP contribution is 2.45. The van der Waals surface area contributed by atoms with Gasteiger partial charge in [-0.2, -0.15) is 0 Å². The molecular formula is C95H158O16P2. The fourth-order valence-corrected chi connectivity index (χ4v) is 13.1. The van der Waals surface area contributed by atoms with Gasteiger partial charge in [0.2, 0.25) is 0 Å². The molecule has 5 atom stereocenters. The molecule has 16 nitrogen and oxygen atoms in total. The van der Waals surface area contributed by atoms with Crippen LogP contribution in [0.2, 0.25) is 0 Å². The molecule has 0 aliphatic carbocycles. The number of carbonyl (C=O) groups excluding carboxylic acids is 3. The van der Waals surface area contributed by atoms with E-state index in [1.54, 1.807) is 0 Å². The molecule has 0 radical (unpaired) electrons. The number of phosphoric acid groups is 2. The van der Waals surface area contributed by atoms with Crippen molar-refractivity contribution in [1.29, 1.82) is 0 Å². The number of aliphatic hydroxyl groups excluding tert-OH is 2. The number of aliphatic hydroxyl groups is 2. The molecule has 113 heavy (non-hydrogen) atoms. The third kappa shape index (κ3) is 87.3. The Kier molecular flexibility index (Phi) is 81.9. The zero-order valence-corrected chi connectivity index (χ0v) is 72.5. The van der Waals surface area contributed by atoms with Crippen molar-refractivity contribution in [2.45, 2.75) is 360 Å². The summed E-state index contributed by atoms with van der Waals surface area (Å²) in [6, 6.07) is 0. The number of hydrogen-bond acceptors (Lipinski definition) is 14. The Bertz CT molecular complexity index is 2780. The first-order chi connectivity index (χ1) is 55.2. The number of ether oxygens (including phenoxy) is 3. The molecule has 0 rings (SSSR count). The average Bonchev–Trinajstić information content (AvgIpc) is 0.899. The van der Waals surface area contributed by atoms with Gasteiger partial charge in [-0.1, -0.05) is 344 Å². The first-order valence-electron chi connectivity index (χ1n) is 44.1. The third-order valence-electron chi connectivity index (χ3n) is 18.1. The van der Waals surface area contributed by atoms with Gasteiger partial charge in [-0.15, -0.1) is 0 Å². The van der Waals surface area contributed by atoms with Crippen LogP contribution in [0.5, 0.6) is 0 Å². The second-order valence-electron chi connectivity index (χ2n) is 28.9. The maximum atomic E-state index is 13.1. The smallest absolute Gasteiger partial charge is 0.463 e. The second kappa shape index (κ2) is 86.0. The maximum Gasteiger partial charge on any atom is 0.472 e. The van der Waals surface area contributed by atoms with E-state index in [0.29, 0.717) is 19.3 Å². The minimum atomic E-state index is -4.95. The van der Waals surface area contributed by atoms with Crippen molar-refractivity contribution in [3.63, 3.8) is 0 Å². The number of rotatable bonds is 82. The molecule has 5 unspecified atom stereocenters. The lowest BCUT2D eigenvalue weighted by atomic mass is 10.1. The van der Waals surface area contributed by atoms with E-state index < -0.39 is 91.5 Å². The number of phosphoric ester groups is 2. The van der Waals surface area contributed by atoms with Crippen LogP contribution in [-0.4, -0.2) is 95.9 Å². The van der Waals surface area contributed by atoms with Gasteiger partial charge in [0.25, 0.3) is 0 Å². The van der Waals surface area contributed by atoms with Crippen molar-refractivity contribution in [2.75, 3.05) is 39.6 Å². The van der Waals surface area contributed by atoms with Gasteiger partial charge in [0.05, 0.1) is 26.4 Å². The summed E-state index contributed by atoms with van der Waals surface area (Å²) >= 11 is 0. The zero-order chi connectivity index (χ0) is 82.2. The Labute approximate surface area is 687 Å². The topological polar surface area (TPSA) is 231 Å². The van der Waals surface area contributed by atoms with E-state index >= 15 is 0 Å². The number of allylic oxidation sites excluding steroid dienone is 30. The Morgan fingerprint density at radius 2 is 0.469 bits per heavy atom. The first kappa shape index (κ1) is 108. The van der Waals surface area contributed by atoms with E-state index in [1.807, 2.05) is 0 Å². The van der Waals surface area contributed by atoms with Crippen LogP contribution in [0, 0.1) is 0 Å². The van der Waals surface area contributed by atoms with Gasteiger partial charge in [0.1, 0.15) is 25.4 Å². The minimum Gasteiger partial charge on any atom is -0.463 e. The van der Waals surface area contributed by atoms with Crippen molar-refractivity contribution < 1.29 is 75.8 Å². The molecule has 0 aliphatic heterocycles. The molecule has 0 aromatic rings. The van der Waals surface area contributed by atoms with Crippen LogP contribution in [0.15, 0.2) is 182 Å². The normalized spacial score (nSPS) is 14.7. The van der Waals surface area contributed by atoms with E-state index in [1.165, 1.54) is 83.5 Å². The predicted octanol–water partition coefficient (Wildman–Crippen LogP) is 26.9. The molecule has 4 N–H and O–H groups in total. The van der Waals surface area contributed by atoms with Crippen molar-refractivity contribution in [1.82, 2.24) is 0 Å². The van der Waals surface area contributed by atoms with Crippen LogP contribution >= 0.6 is 15.6 Å². The Morgan fingerprint density at radius 3 is 0.743 bits per heavy atom. The Balaban J connectivity index is 4.68. The number of esters is 3. The average molecular weight is 1620 g/mol. The highest BCUT2D eigenvalue weighted by molar-refractivity contribution is 7.47. The monoisotopic (exact) mass is 1620 g/mol. The highest BCUT2D eigenvalue weighted by atomic mass is 31.2. The molecule has 0 aliphatic rings. The van der Waals surface area contributed by atoms with Gasteiger partial charge in [-0.25, -0.2) is 9.13 Å². The molecule has 0 saturated heterocycles. The lowest BCUT2D eigenvalue weighted by molar-refractivity contribution is -0.161. The van der Waals surface area contributed by atoms with Crippen molar-refractivity contribution in [3.8, 4) is 0 Å². The highest BCUT2D eigenvalue weighted by Gasteiger charge is 2.29. The zero-order valence-electron chi connectivity index (χ0n) is 70.7. The van der Waals surface area contributed by atoms with Gasteiger partial charge in [0.15, 0.2) is 6.10 Å². The fourth-order valence-electron chi connectivity index (χ4n) is 11.5. The molecule has 644 valence electrons. The van der Waals surface area contributed by atoms with Crippen LogP contribution in [0.3, 0.4) is 0 Å². The Morgan fingerprint density at radius 1 is 0.257 bits per heavy atom. The second-order valence-corrected chi connectivity index (χ2v) is 31.8. The summed E-state index contributed by atoms with van der Waals surface area (Å²) in [7, 11) is -9.82. The summed E-state index contributed by atoms with van der Waals surface area (Å²) < 4.78 is 61.4. The minimum absolute atomic E-state index is 0.0851. The van der Waals surface area contributed by atoms with E-state index in [0.717, 1.165) is 199 Å². The predicted molar refractivity (Wildman–Crippen MR) is 472 cm³/mol. The SMILES string of the molecule is CC/C=C\C/C=C\C/C=C\C/C=C\C/C=C\C/C=C\CCCCCCCCCCCCC(=O)OCC(O)COP(=O)(O)OCC(O)COP(=O)(O)OCC(COC(=O)CCCCCCCCCCC/C=C\C/C=C\C/C=C\C/C=C\C/C=C\CC)OC(=O)CCCCCCCCC/C=C\C/C=C\C/C=C\C/C=C\CCCCC. The van der Waals surface area contributed by atoms with Crippen LogP contribution in [0.25, 0.3) is 0 Å².